The number of aryl methyl sites for hydroxylation is 3. The largest absolute Gasteiger partial charge is 0.496 e. The summed E-state index contributed by atoms with van der Waals surface area (Å²) in [6.45, 7) is 5.98. The van der Waals surface area contributed by atoms with Gasteiger partial charge in [0.05, 0.1) is 12.8 Å². The van der Waals surface area contributed by atoms with Gasteiger partial charge >= 0.3 is 4.87 Å². The lowest BCUT2D eigenvalue weighted by Crippen LogP contribution is -1.95. The minimum Gasteiger partial charge on any atom is -0.496 e. The van der Waals surface area contributed by atoms with E-state index in [4.69, 9.17) is 4.74 Å². The Bertz CT molecular complexity index is 610. The summed E-state index contributed by atoms with van der Waals surface area (Å²) in [5, 5.41) is 0. The summed E-state index contributed by atoms with van der Waals surface area (Å²) in [6.07, 6.45) is 0. The van der Waals surface area contributed by atoms with Gasteiger partial charge in [-0.3, -0.25) is 4.79 Å². The molecular weight excluding hydrogens is 234 g/mol. The molecule has 1 N–H and O–H groups in total. The number of hydrogen-bond donors (Lipinski definition) is 1. The van der Waals surface area contributed by atoms with Crippen molar-refractivity contribution in [2.24, 2.45) is 0 Å². The number of aromatic amines is 1. The van der Waals surface area contributed by atoms with Crippen LogP contribution in [-0.4, -0.2) is 12.1 Å². The zero-order valence-electron chi connectivity index (χ0n) is 10.4. The Balaban J connectivity index is 2.64. The number of rotatable bonds is 2. The number of benzene rings is 1. The number of hydrogen-bond acceptors (Lipinski definition) is 3. The number of methoxy groups -OCH3 is 1. The van der Waals surface area contributed by atoms with Crippen LogP contribution in [0.2, 0.25) is 0 Å². The molecule has 2 aromatic rings. The second kappa shape index (κ2) is 4.37. The number of H-pyrrole nitrogens is 1. The number of aromatic nitrogens is 1. The van der Waals surface area contributed by atoms with Crippen molar-refractivity contribution in [2.45, 2.75) is 20.8 Å². The third-order valence-electron chi connectivity index (χ3n) is 2.84. The molecule has 1 aromatic heterocycles. The molecule has 0 fully saturated rings. The first-order valence-corrected chi connectivity index (χ1v) is 6.20. The normalized spacial score (nSPS) is 10.6. The lowest BCUT2D eigenvalue weighted by Gasteiger charge is -2.10. The van der Waals surface area contributed by atoms with E-state index in [1.807, 2.05) is 26.8 Å². The van der Waals surface area contributed by atoms with E-state index in [0.717, 1.165) is 33.0 Å². The Kier molecular flexibility index (Phi) is 3.07. The molecule has 0 saturated carbocycles. The van der Waals surface area contributed by atoms with Gasteiger partial charge in [0, 0.05) is 10.4 Å². The van der Waals surface area contributed by atoms with Gasteiger partial charge < -0.3 is 9.72 Å². The van der Waals surface area contributed by atoms with Crippen LogP contribution in [0.3, 0.4) is 0 Å². The summed E-state index contributed by atoms with van der Waals surface area (Å²) in [6, 6.07) is 4.05. The van der Waals surface area contributed by atoms with Crippen molar-refractivity contribution in [1.82, 2.24) is 4.98 Å². The molecule has 0 saturated heterocycles. The minimum atomic E-state index is -0.00892. The van der Waals surface area contributed by atoms with E-state index in [9.17, 15) is 4.79 Å². The highest BCUT2D eigenvalue weighted by molar-refractivity contribution is 7.09. The fourth-order valence-corrected chi connectivity index (χ4v) is 2.64. The maximum Gasteiger partial charge on any atom is 0.305 e. The smallest absolute Gasteiger partial charge is 0.305 e. The monoisotopic (exact) mass is 249 g/mol. The molecule has 3 nitrogen and oxygen atoms in total. The summed E-state index contributed by atoms with van der Waals surface area (Å²) in [7, 11) is 1.67. The topological polar surface area (TPSA) is 42.1 Å². The van der Waals surface area contributed by atoms with E-state index in [1.54, 1.807) is 7.11 Å². The quantitative estimate of drug-likeness (QED) is 0.889. The van der Waals surface area contributed by atoms with Crippen molar-refractivity contribution in [3.05, 3.63) is 37.8 Å². The average molecular weight is 249 g/mol. The van der Waals surface area contributed by atoms with Gasteiger partial charge in [-0.15, -0.1) is 0 Å². The third-order valence-corrected chi connectivity index (χ3v) is 3.63. The fourth-order valence-electron chi connectivity index (χ4n) is 1.94. The van der Waals surface area contributed by atoms with Crippen LogP contribution in [0.1, 0.15) is 16.0 Å². The minimum absolute atomic E-state index is 0.00892. The SMILES string of the molecule is COc1cc(C)c(-c2[nH]c(=O)sc2C)cc1C. The molecule has 0 unspecified atom stereocenters. The van der Waals surface area contributed by atoms with Gasteiger partial charge in [0.2, 0.25) is 0 Å². The molecule has 0 aliphatic carbocycles. The zero-order valence-corrected chi connectivity index (χ0v) is 11.2. The second-order valence-electron chi connectivity index (χ2n) is 4.08. The predicted molar refractivity (Wildman–Crippen MR) is 71.1 cm³/mol. The van der Waals surface area contributed by atoms with E-state index in [1.165, 1.54) is 11.3 Å². The third kappa shape index (κ3) is 2.13. The molecule has 2 rings (SSSR count). The van der Waals surface area contributed by atoms with Gasteiger partial charge in [0.15, 0.2) is 0 Å². The van der Waals surface area contributed by atoms with Crippen molar-refractivity contribution >= 4 is 11.3 Å². The standard InChI is InChI=1S/C13H15NO2S/c1-7-6-11(16-4)8(2)5-10(7)12-9(3)17-13(15)14-12/h5-6H,1-4H3,(H,14,15). The van der Waals surface area contributed by atoms with Crippen LogP contribution in [0, 0.1) is 20.8 Å². The van der Waals surface area contributed by atoms with E-state index >= 15 is 0 Å². The lowest BCUT2D eigenvalue weighted by molar-refractivity contribution is 0.411. The summed E-state index contributed by atoms with van der Waals surface area (Å²) >= 11 is 1.25. The molecule has 0 spiro atoms. The molecule has 17 heavy (non-hydrogen) atoms. The van der Waals surface area contributed by atoms with Crippen LogP contribution in [0.5, 0.6) is 5.75 Å². The van der Waals surface area contributed by atoms with Crippen LogP contribution in [0.15, 0.2) is 16.9 Å². The molecule has 0 atom stereocenters. The molecule has 0 aliphatic rings. The first kappa shape index (κ1) is 11.9. The van der Waals surface area contributed by atoms with Crippen molar-refractivity contribution in [3.8, 4) is 17.0 Å². The van der Waals surface area contributed by atoms with Crippen LogP contribution < -0.4 is 9.61 Å². The molecule has 0 radical (unpaired) electrons. The van der Waals surface area contributed by atoms with Crippen LogP contribution in [-0.2, 0) is 0 Å². The summed E-state index contributed by atoms with van der Waals surface area (Å²) in [5.74, 6) is 0.876. The average Bonchev–Trinajstić information content (AvgIpc) is 2.60. The van der Waals surface area contributed by atoms with Crippen molar-refractivity contribution < 1.29 is 4.74 Å². The van der Waals surface area contributed by atoms with Crippen molar-refractivity contribution in [1.29, 1.82) is 0 Å². The number of nitrogens with one attached hydrogen (secondary N) is 1. The van der Waals surface area contributed by atoms with Gasteiger partial charge in [-0.2, -0.15) is 0 Å². The maximum atomic E-state index is 11.3. The van der Waals surface area contributed by atoms with Crippen molar-refractivity contribution in [2.75, 3.05) is 7.11 Å². The molecule has 90 valence electrons. The van der Waals surface area contributed by atoms with Gasteiger partial charge in [-0.05, 0) is 44.0 Å². The molecule has 0 bridgehead atoms. The second-order valence-corrected chi connectivity index (χ2v) is 5.27. The fraction of sp³-hybridized carbons (Fsp3) is 0.308. The summed E-state index contributed by atoms with van der Waals surface area (Å²) < 4.78 is 5.28. The van der Waals surface area contributed by atoms with Gasteiger partial charge in [-0.25, -0.2) is 0 Å². The Morgan fingerprint density at radius 1 is 1.18 bits per heavy atom. The molecule has 1 heterocycles. The van der Waals surface area contributed by atoms with E-state index in [2.05, 4.69) is 11.1 Å². The van der Waals surface area contributed by atoms with Gasteiger partial charge in [0.25, 0.3) is 0 Å². The first-order valence-electron chi connectivity index (χ1n) is 5.38. The van der Waals surface area contributed by atoms with Gasteiger partial charge in [0.1, 0.15) is 5.75 Å². The highest BCUT2D eigenvalue weighted by Gasteiger charge is 2.11. The van der Waals surface area contributed by atoms with Gasteiger partial charge in [-0.1, -0.05) is 11.3 Å². The summed E-state index contributed by atoms with van der Waals surface area (Å²) in [5.41, 5.74) is 4.16. The maximum absolute atomic E-state index is 11.3. The van der Waals surface area contributed by atoms with Crippen LogP contribution in [0.4, 0.5) is 0 Å². The van der Waals surface area contributed by atoms with Crippen LogP contribution >= 0.6 is 11.3 Å². The Labute approximate surface area is 104 Å². The molecular formula is C13H15NO2S. The first-order chi connectivity index (χ1) is 8.02. The molecule has 0 amide bonds. The van der Waals surface area contributed by atoms with Crippen molar-refractivity contribution in [3.63, 3.8) is 0 Å². The van der Waals surface area contributed by atoms with E-state index in [-0.39, 0.29) is 4.87 Å². The van der Waals surface area contributed by atoms with E-state index in [0.29, 0.717) is 0 Å². The lowest BCUT2D eigenvalue weighted by atomic mass is 10.0. The Morgan fingerprint density at radius 2 is 1.88 bits per heavy atom. The molecule has 4 heteroatoms. The van der Waals surface area contributed by atoms with E-state index < -0.39 is 0 Å². The predicted octanol–water partition coefficient (Wildman–Crippen LogP) is 3.04. The van der Waals surface area contributed by atoms with Crippen LogP contribution in [0.25, 0.3) is 11.3 Å². The Morgan fingerprint density at radius 3 is 2.41 bits per heavy atom. The number of thiazole rings is 1. The molecule has 1 aromatic carbocycles. The highest BCUT2D eigenvalue weighted by Crippen LogP contribution is 2.31. The summed E-state index contributed by atoms with van der Waals surface area (Å²) in [4.78, 5) is 15.2. The Hall–Kier alpha value is -1.55. The highest BCUT2D eigenvalue weighted by atomic mass is 32.1. The number of ether oxygens (including phenoxy) is 1. The molecule has 0 aliphatic heterocycles. The zero-order chi connectivity index (χ0) is 12.6.